The molecule has 2 nitrogen and oxygen atoms in total. The van der Waals surface area contributed by atoms with Crippen molar-refractivity contribution in [1.29, 1.82) is 0 Å². The Kier molecular flexibility index (Phi) is 20.7. The smallest absolute Gasteiger partial charge is 0.550 e. The van der Waals surface area contributed by atoms with Crippen molar-refractivity contribution in [3.63, 3.8) is 0 Å². The zero-order chi connectivity index (χ0) is 13.5. The van der Waals surface area contributed by atoms with Gasteiger partial charge in [0.25, 0.3) is 0 Å². The van der Waals surface area contributed by atoms with E-state index < -0.39 is 5.97 Å². The second kappa shape index (κ2) is 18.2. The topological polar surface area (TPSA) is 40.1 Å². The quantitative estimate of drug-likeness (QED) is 0.358. The van der Waals surface area contributed by atoms with E-state index in [1.165, 1.54) is 70.6 Å². The zero-order valence-corrected chi connectivity index (χ0v) is 14.3. The van der Waals surface area contributed by atoms with E-state index in [-0.39, 0.29) is 29.5 Å². The van der Waals surface area contributed by atoms with Crippen LogP contribution in [0.3, 0.4) is 0 Å². The first-order chi connectivity index (χ1) is 8.77. The minimum atomic E-state index is -0.905. The van der Waals surface area contributed by atoms with Crippen LogP contribution in [0.25, 0.3) is 0 Å². The fraction of sp³-hybridized carbons (Fsp3) is 0.938. The summed E-state index contributed by atoms with van der Waals surface area (Å²) in [5.74, 6) is -0.905. The molecule has 0 unspecified atom stereocenters. The fourth-order valence-corrected chi connectivity index (χ4v) is 2.29. The fourth-order valence-electron chi connectivity index (χ4n) is 2.29. The molecule has 0 bridgehead atoms. The van der Waals surface area contributed by atoms with E-state index >= 15 is 0 Å². The van der Waals surface area contributed by atoms with Gasteiger partial charge in [0, 0.05) is 5.97 Å². The van der Waals surface area contributed by atoms with Gasteiger partial charge in [0.1, 0.15) is 0 Å². The van der Waals surface area contributed by atoms with Crippen LogP contribution in [0, 0.1) is 0 Å². The summed E-state index contributed by atoms with van der Waals surface area (Å²) < 4.78 is 0. The third-order valence-electron chi connectivity index (χ3n) is 3.48. The maximum absolute atomic E-state index is 10.2. The Hall–Kier alpha value is 0.236. The SMILES string of the molecule is CCCCCCCCCCCCCCCC(=O)[O-].[Mg+2]. The summed E-state index contributed by atoms with van der Waals surface area (Å²) in [6.07, 6.45) is 16.9. The normalized spacial score (nSPS) is 10.2. The van der Waals surface area contributed by atoms with E-state index in [1.807, 2.05) is 0 Å². The Morgan fingerprint density at radius 1 is 0.684 bits per heavy atom. The average molecular weight is 280 g/mol. The van der Waals surface area contributed by atoms with Crippen molar-refractivity contribution < 1.29 is 9.90 Å². The second-order valence-electron chi connectivity index (χ2n) is 5.36. The van der Waals surface area contributed by atoms with Crippen LogP contribution in [0.5, 0.6) is 0 Å². The van der Waals surface area contributed by atoms with Gasteiger partial charge >= 0.3 is 23.1 Å². The molecule has 0 aliphatic carbocycles. The molecule has 0 aliphatic heterocycles. The molecule has 0 radical (unpaired) electrons. The van der Waals surface area contributed by atoms with E-state index in [0.29, 0.717) is 0 Å². The van der Waals surface area contributed by atoms with Crippen molar-refractivity contribution in [2.75, 3.05) is 0 Å². The van der Waals surface area contributed by atoms with Gasteiger partial charge in [0.15, 0.2) is 0 Å². The molecule has 0 amide bonds. The van der Waals surface area contributed by atoms with Gasteiger partial charge in [-0.15, -0.1) is 0 Å². The van der Waals surface area contributed by atoms with Crippen LogP contribution in [0.15, 0.2) is 0 Å². The van der Waals surface area contributed by atoms with Gasteiger partial charge in [-0.2, -0.15) is 0 Å². The van der Waals surface area contributed by atoms with Gasteiger partial charge in [-0.05, 0) is 12.8 Å². The molecule has 3 heteroatoms. The molecule has 0 heterocycles. The summed E-state index contributed by atoms with van der Waals surface area (Å²) in [5.41, 5.74) is 0. The molecule has 0 aromatic carbocycles. The Balaban J connectivity index is 0. The molecule has 19 heavy (non-hydrogen) atoms. The van der Waals surface area contributed by atoms with Crippen LogP contribution in [0.2, 0.25) is 0 Å². The van der Waals surface area contributed by atoms with E-state index in [4.69, 9.17) is 0 Å². The van der Waals surface area contributed by atoms with Crippen molar-refractivity contribution in [3.05, 3.63) is 0 Å². The number of unbranched alkanes of at least 4 members (excludes halogenated alkanes) is 12. The summed E-state index contributed by atoms with van der Waals surface area (Å²) >= 11 is 0. The first-order valence-electron chi connectivity index (χ1n) is 7.97. The number of aliphatic carboxylic acids is 1. The molecule has 0 fully saturated rings. The van der Waals surface area contributed by atoms with E-state index in [1.54, 1.807) is 0 Å². The summed E-state index contributed by atoms with van der Waals surface area (Å²) in [5, 5.41) is 10.2. The van der Waals surface area contributed by atoms with Gasteiger partial charge in [-0.25, -0.2) is 0 Å². The zero-order valence-electron chi connectivity index (χ0n) is 12.9. The van der Waals surface area contributed by atoms with Crippen molar-refractivity contribution in [2.45, 2.75) is 96.8 Å². The molecule has 0 aliphatic rings. The van der Waals surface area contributed by atoms with Crippen LogP contribution >= 0.6 is 0 Å². The predicted octanol–water partition coefficient (Wildman–Crippen LogP) is 3.84. The van der Waals surface area contributed by atoms with Crippen molar-refractivity contribution in [3.8, 4) is 0 Å². The Bertz CT molecular complexity index is 184. The van der Waals surface area contributed by atoms with Gasteiger partial charge in [0.05, 0.1) is 0 Å². The minimum absolute atomic E-state index is 0. The second-order valence-corrected chi connectivity index (χ2v) is 5.36. The number of rotatable bonds is 14. The number of hydrogen-bond acceptors (Lipinski definition) is 2. The summed E-state index contributed by atoms with van der Waals surface area (Å²) in [7, 11) is 0. The first-order valence-corrected chi connectivity index (χ1v) is 7.97. The van der Waals surface area contributed by atoms with Crippen molar-refractivity contribution in [2.24, 2.45) is 0 Å². The number of carboxylic acids is 1. The minimum Gasteiger partial charge on any atom is -0.550 e. The largest absolute Gasteiger partial charge is 2.00 e. The number of carbonyl (C=O) groups is 1. The van der Waals surface area contributed by atoms with Gasteiger partial charge in [-0.3, -0.25) is 0 Å². The third kappa shape index (κ3) is 20.7. The number of hydrogen-bond donors (Lipinski definition) is 0. The first kappa shape index (κ1) is 21.5. The molecular formula is C16H31MgO2+. The Morgan fingerprint density at radius 2 is 1.00 bits per heavy atom. The van der Waals surface area contributed by atoms with E-state index in [2.05, 4.69) is 6.92 Å². The Labute approximate surface area is 135 Å². The standard InChI is InChI=1S/C16H32O2.Mg/c1-2-3-4-5-6-7-8-9-10-11-12-13-14-15-16(17)18;/h2-15H2,1H3,(H,17,18);/q;+2/p-1. The van der Waals surface area contributed by atoms with Crippen molar-refractivity contribution in [1.82, 2.24) is 0 Å². The van der Waals surface area contributed by atoms with Gasteiger partial charge in [-0.1, -0.05) is 84.0 Å². The van der Waals surface area contributed by atoms with Crippen molar-refractivity contribution >= 4 is 29.0 Å². The molecule has 0 rings (SSSR count). The average Bonchev–Trinajstić information content (AvgIpc) is 2.34. The molecule has 108 valence electrons. The summed E-state index contributed by atoms with van der Waals surface area (Å²) in [4.78, 5) is 10.2. The van der Waals surface area contributed by atoms with Crippen LogP contribution in [0.4, 0.5) is 0 Å². The molecular weight excluding hydrogens is 248 g/mol. The van der Waals surface area contributed by atoms with Crippen LogP contribution < -0.4 is 5.11 Å². The van der Waals surface area contributed by atoms with Gasteiger partial charge < -0.3 is 9.90 Å². The molecule has 0 aromatic rings. The molecule has 0 aromatic heterocycles. The van der Waals surface area contributed by atoms with Crippen LogP contribution in [-0.4, -0.2) is 29.0 Å². The molecule has 0 saturated carbocycles. The number of carboxylic acid groups (broad SMARTS) is 1. The predicted molar refractivity (Wildman–Crippen MR) is 81.1 cm³/mol. The number of carbonyl (C=O) groups excluding carboxylic acids is 1. The maximum atomic E-state index is 10.2. The summed E-state index contributed by atoms with van der Waals surface area (Å²) in [6.45, 7) is 2.26. The van der Waals surface area contributed by atoms with Gasteiger partial charge in [0.2, 0.25) is 0 Å². The van der Waals surface area contributed by atoms with E-state index in [9.17, 15) is 9.90 Å². The molecule has 0 spiro atoms. The maximum Gasteiger partial charge on any atom is 2.00 e. The Morgan fingerprint density at radius 3 is 1.32 bits per heavy atom. The van der Waals surface area contributed by atoms with Crippen LogP contribution in [-0.2, 0) is 4.79 Å². The van der Waals surface area contributed by atoms with E-state index in [0.717, 1.165) is 12.8 Å². The third-order valence-corrected chi connectivity index (χ3v) is 3.48. The monoisotopic (exact) mass is 279 g/mol. The molecule has 0 N–H and O–H groups in total. The molecule has 0 saturated heterocycles. The summed E-state index contributed by atoms with van der Waals surface area (Å²) in [6, 6.07) is 0. The van der Waals surface area contributed by atoms with Crippen LogP contribution in [0.1, 0.15) is 96.8 Å². The molecule has 0 atom stereocenters.